The van der Waals surface area contributed by atoms with E-state index in [1.54, 1.807) is 6.07 Å². The average Bonchev–Trinajstić information content (AvgIpc) is 2.71. The van der Waals surface area contributed by atoms with Crippen LogP contribution in [0.25, 0.3) is 0 Å². The molecule has 6 nitrogen and oxygen atoms in total. The monoisotopic (exact) mass is 378 g/mol. The van der Waals surface area contributed by atoms with Crippen LogP contribution in [-0.4, -0.2) is 18.6 Å². The molecule has 0 aliphatic carbocycles. The van der Waals surface area contributed by atoms with E-state index in [9.17, 15) is 9.59 Å². The second-order valence-corrected chi connectivity index (χ2v) is 6.31. The minimum atomic E-state index is -0.792. The summed E-state index contributed by atoms with van der Waals surface area (Å²) in [7, 11) is 0. The second kappa shape index (κ2) is 8.90. The molecule has 2 aromatic rings. The molecule has 1 fully saturated rings. The Morgan fingerprint density at radius 2 is 1.82 bits per heavy atom. The fourth-order valence-electron chi connectivity index (χ4n) is 3.06. The number of nitrogens with one attached hydrogen (secondary N) is 2. The highest BCUT2D eigenvalue weighted by Crippen LogP contribution is 2.35. The first-order valence-corrected chi connectivity index (χ1v) is 8.89. The van der Waals surface area contributed by atoms with E-state index in [0.717, 1.165) is 5.56 Å². The van der Waals surface area contributed by atoms with E-state index in [4.69, 9.17) is 9.47 Å². The lowest BCUT2D eigenvalue weighted by atomic mass is 9.88. The number of amides is 2. The van der Waals surface area contributed by atoms with E-state index >= 15 is 0 Å². The topological polar surface area (TPSA) is 76.7 Å². The number of carbonyl (C=O) groups excluding carboxylic acids is 2. The van der Waals surface area contributed by atoms with Crippen LogP contribution in [0.4, 0.5) is 4.79 Å². The minimum Gasteiger partial charge on any atom is -0.489 e. The summed E-state index contributed by atoms with van der Waals surface area (Å²) in [6.07, 6.45) is 1.49. The van der Waals surface area contributed by atoms with E-state index < -0.39 is 24.0 Å². The summed E-state index contributed by atoms with van der Waals surface area (Å²) < 4.78 is 11.2. The zero-order valence-electron chi connectivity index (χ0n) is 15.4. The van der Waals surface area contributed by atoms with E-state index in [1.807, 2.05) is 48.5 Å². The van der Waals surface area contributed by atoms with Gasteiger partial charge in [-0.1, -0.05) is 67.8 Å². The van der Waals surface area contributed by atoms with E-state index in [2.05, 4.69) is 23.8 Å². The maximum absolute atomic E-state index is 12.6. The number of rotatable bonds is 7. The van der Waals surface area contributed by atoms with Crippen LogP contribution in [0.2, 0.25) is 0 Å². The van der Waals surface area contributed by atoms with Crippen LogP contribution >= 0.6 is 0 Å². The summed E-state index contributed by atoms with van der Waals surface area (Å²) in [6, 6.07) is 15.9. The minimum absolute atomic E-state index is 0.0788. The molecule has 2 amide bonds. The normalized spacial score (nSPS) is 18.6. The van der Waals surface area contributed by atoms with Gasteiger partial charge in [0.05, 0.1) is 6.04 Å². The quantitative estimate of drug-likeness (QED) is 0.571. The van der Waals surface area contributed by atoms with Crippen molar-refractivity contribution >= 4 is 12.0 Å². The third-order valence-corrected chi connectivity index (χ3v) is 4.36. The lowest BCUT2D eigenvalue weighted by Gasteiger charge is -2.33. The Balaban J connectivity index is 1.88. The standard InChI is InChI=1S/C22H22N2O4/c1-3-13-27-21(25)19-15(2)23-22(26)24-20(19)17-11-7-8-12-18(17)28-14-16-9-5-4-6-10-16/h3-12,19-20H,1-2,13-14H2,(H2,23,24,26)/t19-,20+/m0/s1. The Labute approximate surface area is 163 Å². The van der Waals surface area contributed by atoms with Crippen molar-refractivity contribution in [3.63, 3.8) is 0 Å². The zero-order chi connectivity index (χ0) is 19.9. The molecule has 0 unspecified atom stereocenters. The lowest BCUT2D eigenvalue weighted by molar-refractivity contribution is -0.147. The van der Waals surface area contributed by atoms with Crippen molar-refractivity contribution in [2.24, 2.45) is 5.92 Å². The van der Waals surface area contributed by atoms with Crippen molar-refractivity contribution in [2.75, 3.05) is 6.61 Å². The Morgan fingerprint density at radius 1 is 1.11 bits per heavy atom. The largest absolute Gasteiger partial charge is 0.489 e. The molecule has 1 heterocycles. The van der Waals surface area contributed by atoms with Gasteiger partial charge < -0.3 is 20.1 Å². The van der Waals surface area contributed by atoms with Gasteiger partial charge in [0.25, 0.3) is 0 Å². The zero-order valence-corrected chi connectivity index (χ0v) is 15.4. The third kappa shape index (κ3) is 4.40. The molecule has 0 saturated carbocycles. The molecule has 28 heavy (non-hydrogen) atoms. The van der Waals surface area contributed by atoms with Crippen molar-refractivity contribution in [2.45, 2.75) is 12.6 Å². The summed E-state index contributed by atoms with van der Waals surface area (Å²) in [6.45, 7) is 7.83. The molecule has 0 spiro atoms. The summed E-state index contributed by atoms with van der Waals surface area (Å²) in [5.41, 5.74) is 1.97. The van der Waals surface area contributed by atoms with Crippen molar-refractivity contribution in [3.05, 3.63) is 90.7 Å². The number of para-hydroxylation sites is 1. The summed E-state index contributed by atoms with van der Waals surface area (Å²) in [5.74, 6) is -0.715. The number of benzene rings is 2. The van der Waals surface area contributed by atoms with Gasteiger partial charge in [0, 0.05) is 11.3 Å². The molecular formula is C22H22N2O4. The van der Waals surface area contributed by atoms with Crippen LogP contribution in [0, 0.1) is 5.92 Å². The molecule has 0 bridgehead atoms. The molecule has 1 saturated heterocycles. The molecule has 2 aromatic carbocycles. The molecule has 2 N–H and O–H groups in total. The van der Waals surface area contributed by atoms with Crippen molar-refractivity contribution in [3.8, 4) is 5.75 Å². The molecule has 1 aliphatic rings. The van der Waals surface area contributed by atoms with Gasteiger partial charge in [-0.15, -0.1) is 0 Å². The van der Waals surface area contributed by atoms with Gasteiger partial charge in [0.2, 0.25) is 0 Å². The molecule has 6 heteroatoms. The average molecular weight is 378 g/mol. The number of carbonyl (C=O) groups is 2. The predicted molar refractivity (Wildman–Crippen MR) is 105 cm³/mol. The first-order valence-electron chi connectivity index (χ1n) is 8.89. The molecular weight excluding hydrogens is 356 g/mol. The van der Waals surface area contributed by atoms with E-state index in [-0.39, 0.29) is 12.3 Å². The lowest BCUT2D eigenvalue weighted by Crippen LogP contribution is -2.51. The molecule has 0 radical (unpaired) electrons. The highest BCUT2D eigenvalue weighted by atomic mass is 16.5. The van der Waals surface area contributed by atoms with Gasteiger partial charge in [-0.2, -0.15) is 0 Å². The van der Waals surface area contributed by atoms with Crippen LogP contribution in [0.15, 0.2) is 79.5 Å². The highest BCUT2D eigenvalue weighted by Gasteiger charge is 2.40. The summed E-state index contributed by atoms with van der Waals surface area (Å²) in [5, 5.41) is 5.34. The highest BCUT2D eigenvalue weighted by molar-refractivity contribution is 5.85. The van der Waals surface area contributed by atoms with Crippen LogP contribution in [0.3, 0.4) is 0 Å². The Morgan fingerprint density at radius 3 is 2.57 bits per heavy atom. The van der Waals surface area contributed by atoms with Gasteiger partial charge in [-0.05, 0) is 11.6 Å². The Hall–Kier alpha value is -3.54. The number of ether oxygens (including phenoxy) is 2. The van der Waals surface area contributed by atoms with Crippen molar-refractivity contribution < 1.29 is 19.1 Å². The number of hydrogen-bond donors (Lipinski definition) is 2. The van der Waals surface area contributed by atoms with Gasteiger partial charge >= 0.3 is 12.0 Å². The maximum atomic E-state index is 12.6. The van der Waals surface area contributed by atoms with Crippen LogP contribution in [-0.2, 0) is 16.1 Å². The predicted octanol–water partition coefficient (Wildman–Crippen LogP) is 3.48. The molecule has 0 aromatic heterocycles. The van der Waals surface area contributed by atoms with E-state index in [1.165, 1.54) is 6.08 Å². The van der Waals surface area contributed by atoms with Crippen LogP contribution < -0.4 is 15.4 Å². The Kier molecular flexibility index (Phi) is 6.11. The Bertz CT molecular complexity index is 879. The number of esters is 1. The van der Waals surface area contributed by atoms with Gasteiger partial charge in [-0.3, -0.25) is 4.79 Å². The van der Waals surface area contributed by atoms with Gasteiger partial charge in [-0.25, -0.2) is 4.79 Å². The number of urea groups is 1. The first kappa shape index (κ1) is 19.2. The van der Waals surface area contributed by atoms with Gasteiger partial charge in [0.1, 0.15) is 24.9 Å². The van der Waals surface area contributed by atoms with E-state index in [0.29, 0.717) is 17.9 Å². The van der Waals surface area contributed by atoms with Crippen molar-refractivity contribution in [1.29, 1.82) is 0 Å². The molecule has 144 valence electrons. The van der Waals surface area contributed by atoms with Crippen LogP contribution in [0.1, 0.15) is 17.2 Å². The third-order valence-electron chi connectivity index (χ3n) is 4.36. The molecule has 2 atom stereocenters. The van der Waals surface area contributed by atoms with Crippen molar-refractivity contribution in [1.82, 2.24) is 10.6 Å². The summed E-state index contributed by atoms with van der Waals surface area (Å²) >= 11 is 0. The second-order valence-electron chi connectivity index (χ2n) is 6.31. The maximum Gasteiger partial charge on any atom is 0.319 e. The number of hydrogen-bond acceptors (Lipinski definition) is 4. The van der Waals surface area contributed by atoms with Gasteiger partial charge in [0.15, 0.2) is 0 Å². The fraction of sp³-hybridized carbons (Fsp3) is 0.182. The fourth-order valence-corrected chi connectivity index (χ4v) is 3.06. The smallest absolute Gasteiger partial charge is 0.319 e. The first-order chi connectivity index (χ1) is 13.6. The SMILES string of the molecule is C=CCOC(=O)[C@H]1C(=C)NC(=O)N[C@@H]1c1ccccc1OCc1ccccc1. The molecule has 1 aliphatic heterocycles. The van der Waals surface area contributed by atoms with Crippen LogP contribution in [0.5, 0.6) is 5.75 Å². The molecule has 3 rings (SSSR count). The summed E-state index contributed by atoms with van der Waals surface area (Å²) in [4.78, 5) is 24.6.